The molecule has 1 saturated heterocycles. The summed E-state index contributed by atoms with van der Waals surface area (Å²) >= 11 is 0. The Bertz CT molecular complexity index is 1550. The van der Waals surface area contributed by atoms with Crippen LogP contribution in [0.15, 0.2) is 55.0 Å². The Morgan fingerprint density at radius 2 is 1.85 bits per heavy atom. The van der Waals surface area contributed by atoms with E-state index in [9.17, 15) is 18.0 Å². The van der Waals surface area contributed by atoms with Crippen LogP contribution in [0, 0.1) is 6.92 Å². The molecule has 0 spiro atoms. The van der Waals surface area contributed by atoms with Crippen molar-refractivity contribution in [1.82, 2.24) is 29.9 Å². The average molecular weight is 569 g/mol. The lowest BCUT2D eigenvalue weighted by atomic mass is 10.1. The number of aromatic nitrogens is 5. The van der Waals surface area contributed by atoms with Crippen molar-refractivity contribution >= 4 is 17.3 Å². The molecule has 0 atom stereocenters. The molecule has 1 fully saturated rings. The van der Waals surface area contributed by atoms with Gasteiger partial charge in [-0.05, 0) is 44.3 Å². The molecule has 0 saturated carbocycles. The van der Waals surface area contributed by atoms with Crippen LogP contribution < -0.4 is 19.7 Å². The number of methoxy groups -OCH3 is 1. The molecule has 0 aliphatic carbocycles. The van der Waals surface area contributed by atoms with Crippen LogP contribution in [0.25, 0.3) is 16.9 Å². The number of alkyl halides is 3. The molecule has 11 nitrogen and oxygen atoms in total. The molecule has 214 valence electrons. The van der Waals surface area contributed by atoms with Crippen LogP contribution in [0.2, 0.25) is 0 Å². The zero-order valence-corrected chi connectivity index (χ0v) is 22.5. The van der Waals surface area contributed by atoms with Gasteiger partial charge in [0.2, 0.25) is 5.88 Å². The zero-order valence-electron chi connectivity index (χ0n) is 22.5. The first-order valence-electron chi connectivity index (χ1n) is 12.6. The quantitative estimate of drug-likeness (QED) is 0.354. The number of hydrogen-bond acceptors (Lipinski definition) is 9. The number of pyridine rings is 2. The summed E-state index contributed by atoms with van der Waals surface area (Å²) in [4.78, 5) is 25.8. The van der Waals surface area contributed by atoms with E-state index in [-0.39, 0.29) is 5.56 Å². The Hall–Kier alpha value is -4.72. The molecule has 1 aliphatic heterocycles. The fourth-order valence-electron chi connectivity index (χ4n) is 4.43. The molecule has 4 heterocycles. The second-order valence-corrected chi connectivity index (χ2v) is 9.44. The lowest BCUT2D eigenvalue weighted by Crippen LogP contribution is -2.44. The second-order valence-electron chi connectivity index (χ2n) is 9.44. The van der Waals surface area contributed by atoms with Crippen LogP contribution >= 0.6 is 0 Å². The van der Waals surface area contributed by atoms with Gasteiger partial charge in [0.05, 0.1) is 42.1 Å². The minimum absolute atomic E-state index is 0.00881. The van der Waals surface area contributed by atoms with Crippen molar-refractivity contribution in [3.05, 3.63) is 66.2 Å². The van der Waals surface area contributed by atoms with Crippen molar-refractivity contribution in [1.29, 1.82) is 0 Å². The van der Waals surface area contributed by atoms with Gasteiger partial charge in [-0.25, -0.2) is 9.67 Å². The van der Waals surface area contributed by atoms with Gasteiger partial charge in [-0.3, -0.25) is 9.78 Å². The molecule has 0 bridgehead atoms. The Kier molecular flexibility index (Phi) is 7.75. The van der Waals surface area contributed by atoms with Crippen molar-refractivity contribution in [3.8, 4) is 28.6 Å². The van der Waals surface area contributed by atoms with Gasteiger partial charge in [0, 0.05) is 49.7 Å². The molecule has 1 N–H and O–H groups in total. The third kappa shape index (κ3) is 6.54. The predicted octanol–water partition coefficient (Wildman–Crippen LogP) is 3.94. The van der Waals surface area contributed by atoms with Crippen molar-refractivity contribution in [2.24, 2.45) is 0 Å². The molecule has 14 heteroatoms. The molecule has 1 aromatic carbocycles. The van der Waals surface area contributed by atoms with Gasteiger partial charge in [0.15, 0.2) is 0 Å². The number of piperazine rings is 1. The van der Waals surface area contributed by atoms with Crippen molar-refractivity contribution in [3.63, 3.8) is 0 Å². The highest BCUT2D eigenvalue weighted by Crippen LogP contribution is 2.31. The highest BCUT2D eigenvalue weighted by Gasteiger charge is 2.32. The maximum atomic E-state index is 13.3. The first-order valence-corrected chi connectivity index (χ1v) is 12.6. The summed E-state index contributed by atoms with van der Waals surface area (Å²) in [6.45, 7) is 4.45. The summed E-state index contributed by atoms with van der Waals surface area (Å²) in [5, 5.41) is 11.1. The number of carbonyl (C=O) groups excluding carboxylic acids is 1. The Balaban J connectivity index is 1.41. The number of anilines is 2. The summed E-state index contributed by atoms with van der Waals surface area (Å²) < 4.78 is 50.2. The fraction of sp³-hybridized carbons (Fsp3) is 0.296. The SMILES string of the molecule is COc1ncccc1-c1cn(-c2cc(NC(=O)c3cc(OC(F)(F)F)cc(N4CCN(C)CC4)c3)cnc2C)nn1. The van der Waals surface area contributed by atoms with Crippen molar-refractivity contribution in [2.45, 2.75) is 13.3 Å². The number of halogens is 3. The van der Waals surface area contributed by atoms with Crippen LogP contribution in [0.1, 0.15) is 16.1 Å². The van der Waals surface area contributed by atoms with Gasteiger partial charge in [0.1, 0.15) is 11.4 Å². The van der Waals surface area contributed by atoms with Gasteiger partial charge in [0.25, 0.3) is 5.91 Å². The minimum Gasteiger partial charge on any atom is -0.481 e. The summed E-state index contributed by atoms with van der Waals surface area (Å²) in [5.41, 5.74) is 3.10. The monoisotopic (exact) mass is 568 g/mol. The first kappa shape index (κ1) is 27.8. The summed E-state index contributed by atoms with van der Waals surface area (Å²) in [6, 6.07) is 9.11. The molecule has 0 unspecified atom stereocenters. The van der Waals surface area contributed by atoms with Crippen molar-refractivity contribution < 1.29 is 27.4 Å². The molecule has 3 aromatic heterocycles. The maximum absolute atomic E-state index is 13.3. The van der Waals surface area contributed by atoms with Gasteiger partial charge in [-0.15, -0.1) is 18.3 Å². The first-order chi connectivity index (χ1) is 19.6. The van der Waals surface area contributed by atoms with Crippen LogP contribution in [-0.2, 0) is 0 Å². The number of aryl methyl sites for hydroxylation is 1. The number of carbonyl (C=O) groups is 1. The molecule has 1 aliphatic rings. The van der Waals surface area contributed by atoms with Crippen LogP contribution in [0.4, 0.5) is 24.5 Å². The van der Waals surface area contributed by atoms with Gasteiger partial charge in [-0.2, -0.15) is 0 Å². The third-order valence-corrected chi connectivity index (χ3v) is 6.55. The van der Waals surface area contributed by atoms with E-state index in [1.54, 1.807) is 43.6 Å². The predicted molar refractivity (Wildman–Crippen MR) is 144 cm³/mol. The van der Waals surface area contributed by atoms with Gasteiger partial charge >= 0.3 is 6.36 Å². The molecular formula is C27H27F3N8O3. The topological polar surface area (TPSA) is 111 Å². The Morgan fingerprint density at radius 1 is 1.07 bits per heavy atom. The molecule has 0 radical (unpaired) electrons. The third-order valence-electron chi connectivity index (χ3n) is 6.55. The Morgan fingerprint density at radius 3 is 2.59 bits per heavy atom. The lowest BCUT2D eigenvalue weighted by molar-refractivity contribution is -0.274. The number of hydrogen-bond donors (Lipinski definition) is 1. The van der Waals surface area contributed by atoms with E-state index in [4.69, 9.17) is 4.74 Å². The smallest absolute Gasteiger partial charge is 0.481 e. The highest BCUT2D eigenvalue weighted by atomic mass is 19.4. The fourth-order valence-corrected chi connectivity index (χ4v) is 4.43. The van der Waals surface area contributed by atoms with E-state index in [1.165, 1.54) is 24.1 Å². The average Bonchev–Trinajstić information content (AvgIpc) is 3.43. The number of rotatable bonds is 7. The second kappa shape index (κ2) is 11.4. The Labute approximate surface area is 233 Å². The number of likely N-dealkylation sites (N-methyl/N-ethyl adjacent to an activating group) is 1. The standard InChI is InChI=1S/C27H27F3N8O3/c1-17-24(38-16-23(34-35-38)22-5-4-6-31-26(22)40-3)13-19(15-32-17)33-25(39)18-11-20(37-9-7-36(2)8-10-37)14-21(12-18)41-27(28,29)30/h4-6,11-16H,7-10H2,1-3H3,(H,33,39). The van der Waals surface area contributed by atoms with E-state index < -0.39 is 18.0 Å². The minimum atomic E-state index is -4.90. The maximum Gasteiger partial charge on any atom is 0.573 e. The van der Waals surface area contributed by atoms with Crippen LogP contribution in [0.5, 0.6) is 11.6 Å². The lowest BCUT2D eigenvalue weighted by Gasteiger charge is -2.34. The largest absolute Gasteiger partial charge is 0.573 e. The molecule has 1 amide bonds. The van der Waals surface area contributed by atoms with E-state index in [2.05, 4.69) is 35.2 Å². The number of nitrogens with zero attached hydrogens (tertiary/aromatic N) is 7. The summed E-state index contributed by atoms with van der Waals surface area (Å²) in [6.07, 6.45) is -0.168. The summed E-state index contributed by atoms with van der Waals surface area (Å²) in [5.74, 6) is -0.699. The number of benzene rings is 1. The van der Waals surface area contributed by atoms with E-state index >= 15 is 0 Å². The zero-order chi connectivity index (χ0) is 29.1. The van der Waals surface area contributed by atoms with Crippen LogP contribution in [0.3, 0.4) is 0 Å². The summed E-state index contributed by atoms with van der Waals surface area (Å²) in [7, 11) is 3.48. The van der Waals surface area contributed by atoms with Crippen molar-refractivity contribution in [2.75, 3.05) is 50.6 Å². The number of nitrogens with one attached hydrogen (secondary N) is 1. The van der Waals surface area contributed by atoms with E-state index in [1.807, 2.05) is 11.9 Å². The molecule has 5 rings (SSSR count). The highest BCUT2D eigenvalue weighted by molar-refractivity contribution is 6.05. The van der Waals surface area contributed by atoms with E-state index in [0.717, 1.165) is 19.2 Å². The normalized spacial score (nSPS) is 14.1. The number of amides is 1. The molecular weight excluding hydrogens is 541 g/mol. The van der Waals surface area contributed by atoms with Crippen LogP contribution in [-0.4, -0.2) is 82.5 Å². The van der Waals surface area contributed by atoms with Gasteiger partial charge < -0.3 is 24.6 Å². The molecule has 4 aromatic rings. The van der Waals surface area contributed by atoms with Gasteiger partial charge in [-0.1, -0.05) is 5.21 Å². The number of ether oxygens (including phenoxy) is 2. The molecule has 41 heavy (non-hydrogen) atoms. The van der Waals surface area contributed by atoms with E-state index in [0.29, 0.717) is 53.0 Å².